The summed E-state index contributed by atoms with van der Waals surface area (Å²) in [5, 5.41) is 8.91. The maximum atomic E-state index is 12.6. The SMILES string of the molecule is CC1CC(C)N(S(=O)(=O)c2ccc(C(=O)O)cc2Br)C1. The van der Waals surface area contributed by atoms with Crippen molar-refractivity contribution in [3.8, 4) is 0 Å². The lowest BCUT2D eigenvalue weighted by molar-refractivity contribution is 0.0696. The number of carbonyl (C=O) groups is 1. The van der Waals surface area contributed by atoms with Crippen LogP contribution < -0.4 is 0 Å². The lowest BCUT2D eigenvalue weighted by atomic mass is 10.1. The number of benzene rings is 1. The Morgan fingerprint density at radius 2 is 2.05 bits per heavy atom. The molecule has 1 N–H and O–H groups in total. The molecule has 20 heavy (non-hydrogen) atoms. The second-order valence-corrected chi connectivity index (χ2v) is 7.93. The molecule has 0 aromatic heterocycles. The number of aromatic carboxylic acids is 1. The molecule has 1 aliphatic heterocycles. The number of hydrogen-bond donors (Lipinski definition) is 1. The fourth-order valence-electron chi connectivity index (χ4n) is 2.57. The Labute approximate surface area is 126 Å². The van der Waals surface area contributed by atoms with Gasteiger partial charge in [-0.1, -0.05) is 6.92 Å². The van der Waals surface area contributed by atoms with Crippen LogP contribution in [-0.4, -0.2) is 36.4 Å². The van der Waals surface area contributed by atoms with Gasteiger partial charge < -0.3 is 5.11 Å². The van der Waals surface area contributed by atoms with Gasteiger partial charge in [-0.3, -0.25) is 0 Å². The third kappa shape index (κ3) is 2.75. The van der Waals surface area contributed by atoms with E-state index in [-0.39, 0.29) is 21.0 Å². The van der Waals surface area contributed by atoms with Crippen LogP contribution in [0.3, 0.4) is 0 Å². The maximum Gasteiger partial charge on any atom is 0.335 e. The molecule has 0 saturated carbocycles. The molecule has 0 amide bonds. The van der Waals surface area contributed by atoms with Gasteiger partial charge in [0.2, 0.25) is 10.0 Å². The first-order chi connectivity index (χ1) is 9.23. The zero-order chi connectivity index (χ0) is 15.1. The molecule has 1 aliphatic rings. The molecule has 0 aliphatic carbocycles. The molecular formula is C13H16BrNO4S. The summed E-state index contributed by atoms with van der Waals surface area (Å²) in [5.41, 5.74) is 0.0543. The standard InChI is InChI=1S/C13H16BrNO4S/c1-8-5-9(2)15(7-8)20(18,19)12-4-3-10(13(16)17)6-11(12)14/h3-4,6,8-9H,5,7H2,1-2H3,(H,16,17). The van der Waals surface area contributed by atoms with Gasteiger partial charge in [0.05, 0.1) is 10.5 Å². The molecule has 7 heteroatoms. The molecule has 1 saturated heterocycles. The summed E-state index contributed by atoms with van der Waals surface area (Å²) in [6, 6.07) is 3.93. The van der Waals surface area contributed by atoms with E-state index in [1.54, 1.807) is 0 Å². The van der Waals surface area contributed by atoms with Gasteiger partial charge in [0.25, 0.3) is 0 Å². The second-order valence-electron chi connectivity index (χ2n) is 5.21. The van der Waals surface area contributed by atoms with Gasteiger partial charge in [-0.15, -0.1) is 0 Å². The predicted octanol–water partition coefficient (Wildman–Crippen LogP) is 2.57. The van der Waals surface area contributed by atoms with Gasteiger partial charge in [-0.05, 0) is 53.4 Å². The summed E-state index contributed by atoms with van der Waals surface area (Å²) in [6.07, 6.45) is 0.837. The number of carboxylic acid groups (broad SMARTS) is 1. The Kier molecular flexibility index (Phi) is 4.22. The predicted molar refractivity (Wildman–Crippen MR) is 78.2 cm³/mol. The molecule has 2 atom stereocenters. The van der Waals surface area contributed by atoms with Crippen molar-refractivity contribution in [3.63, 3.8) is 0 Å². The molecule has 1 aromatic carbocycles. The molecule has 0 radical (unpaired) electrons. The highest BCUT2D eigenvalue weighted by atomic mass is 79.9. The Morgan fingerprint density at radius 3 is 2.50 bits per heavy atom. The van der Waals surface area contributed by atoms with Gasteiger partial charge >= 0.3 is 5.97 Å². The Hall–Kier alpha value is -0.920. The second kappa shape index (κ2) is 5.46. The van der Waals surface area contributed by atoms with Crippen molar-refractivity contribution in [1.82, 2.24) is 4.31 Å². The highest BCUT2D eigenvalue weighted by molar-refractivity contribution is 9.10. The van der Waals surface area contributed by atoms with Crippen molar-refractivity contribution in [2.24, 2.45) is 5.92 Å². The number of rotatable bonds is 3. The zero-order valence-electron chi connectivity index (χ0n) is 11.2. The van der Waals surface area contributed by atoms with Crippen LogP contribution >= 0.6 is 15.9 Å². The summed E-state index contributed by atoms with van der Waals surface area (Å²) in [7, 11) is -3.60. The smallest absolute Gasteiger partial charge is 0.335 e. The van der Waals surface area contributed by atoms with Crippen molar-refractivity contribution in [3.05, 3.63) is 28.2 Å². The van der Waals surface area contributed by atoms with Crippen LogP contribution in [0.2, 0.25) is 0 Å². The van der Waals surface area contributed by atoms with Crippen molar-refractivity contribution < 1.29 is 18.3 Å². The summed E-state index contributed by atoms with van der Waals surface area (Å²) >= 11 is 3.16. The van der Waals surface area contributed by atoms with E-state index in [2.05, 4.69) is 15.9 Å². The highest BCUT2D eigenvalue weighted by Gasteiger charge is 2.37. The quantitative estimate of drug-likeness (QED) is 0.897. The fourth-order valence-corrected chi connectivity index (χ4v) is 5.37. The molecule has 5 nitrogen and oxygen atoms in total. The van der Waals surface area contributed by atoms with Gasteiger partial charge in [-0.25, -0.2) is 13.2 Å². The van der Waals surface area contributed by atoms with E-state index in [4.69, 9.17) is 5.11 Å². The van der Waals surface area contributed by atoms with Crippen LogP contribution in [0.15, 0.2) is 27.6 Å². The number of nitrogens with zero attached hydrogens (tertiary/aromatic N) is 1. The first-order valence-electron chi connectivity index (χ1n) is 6.28. The van der Waals surface area contributed by atoms with Crippen LogP contribution in [-0.2, 0) is 10.0 Å². The topological polar surface area (TPSA) is 74.7 Å². The minimum absolute atomic E-state index is 0.0407. The summed E-state index contributed by atoms with van der Waals surface area (Å²) in [4.78, 5) is 11.0. The minimum atomic E-state index is -3.60. The van der Waals surface area contributed by atoms with Crippen molar-refractivity contribution in [2.75, 3.05) is 6.54 Å². The molecule has 0 spiro atoms. The average molecular weight is 362 g/mol. The van der Waals surface area contributed by atoms with Crippen molar-refractivity contribution in [1.29, 1.82) is 0 Å². The van der Waals surface area contributed by atoms with E-state index in [9.17, 15) is 13.2 Å². The molecule has 1 aromatic rings. The monoisotopic (exact) mass is 361 g/mol. The van der Waals surface area contributed by atoms with Gasteiger partial charge in [0.1, 0.15) is 0 Å². The molecule has 1 fully saturated rings. The summed E-state index contributed by atoms with van der Waals surface area (Å²) in [6.45, 7) is 4.41. The molecular weight excluding hydrogens is 346 g/mol. The third-order valence-electron chi connectivity index (χ3n) is 3.49. The van der Waals surface area contributed by atoms with Gasteiger partial charge in [0, 0.05) is 17.1 Å². The van der Waals surface area contributed by atoms with E-state index in [1.165, 1.54) is 22.5 Å². The first-order valence-corrected chi connectivity index (χ1v) is 8.51. The van der Waals surface area contributed by atoms with Crippen molar-refractivity contribution in [2.45, 2.75) is 31.2 Å². The number of sulfonamides is 1. The van der Waals surface area contributed by atoms with Crippen LogP contribution in [0, 0.1) is 5.92 Å². The van der Waals surface area contributed by atoms with Crippen LogP contribution in [0.4, 0.5) is 0 Å². The molecule has 1 heterocycles. The highest BCUT2D eigenvalue weighted by Crippen LogP contribution is 2.32. The third-order valence-corrected chi connectivity index (χ3v) is 6.45. The lowest BCUT2D eigenvalue weighted by Gasteiger charge is -2.21. The average Bonchev–Trinajstić information content (AvgIpc) is 2.68. The lowest BCUT2D eigenvalue weighted by Crippen LogP contribution is -2.34. The van der Waals surface area contributed by atoms with E-state index in [1.807, 2.05) is 13.8 Å². The van der Waals surface area contributed by atoms with E-state index >= 15 is 0 Å². The Bertz CT molecular complexity index is 644. The molecule has 0 bridgehead atoms. The number of hydrogen-bond acceptors (Lipinski definition) is 3. The first kappa shape index (κ1) is 15.5. The minimum Gasteiger partial charge on any atom is -0.478 e. The Balaban J connectivity index is 2.42. The maximum absolute atomic E-state index is 12.6. The number of halogens is 1. The number of carboxylic acids is 1. The largest absolute Gasteiger partial charge is 0.478 e. The fraction of sp³-hybridized carbons (Fsp3) is 0.462. The van der Waals surface area contributed by atoms with Gasteiger partial charge in [-0.2, -0.15) is 4.31 Å². The molecule has 110 valence electrons. The zero-order valence-corrected chi connectivity index (χ0v) is 13.6. The van der Waals surface area contributed by atoms with E-state index in [0.717, 1.165) is 6.42 Å². The molecule has 2 rings (SSSR count). The van der Waals surface area contributed by atoms with Crippen LogP contribution in [0.25, 0.3) is 0 Å². The van der Waals surface area contributed by atoms with Crippen molar-refractivity contribution >= 4 is 31.9 Å². The summed E-state index contributed by atoms with van der Waals surface area (Å²) in [5.74, 6) is -0.755. The van der Waals surface area contributed by atoms with E-state index < -0.39 is 16.0 Å². The van der Waals surface area contributed by atoms with Crippen LogP contribution in [0.1, 0.15) is 30.6 Å². The molecule has 2 unspecified atom stereocenters. The normalized spacial score (nSPS) is 23.9. The van der Waals surface area contributed by atoms with E-state index in [0.29, 0.717) is 12.5 Å². The summed E-state index contributed by atoms with van der Waals surface area (Å²) < 4.78 is 27.0. The van der Waals surface area contributed by atoms with Gasteiger partial charge in [0.15, 0.2) is 0 Å². The van der Waals surface area contributed by atoms with Crippen LogP contribution in [0.5, 0.6) is 0 Å². The Morgan fingerprint density at radius 1 is 1.40 bits per heavy atom.